The minimum atomic E-state index is -1.38. The number of ketones is 1. The Morgan fingerprint density at radius 1 is 1.37 bits per heavy atom. The van der Waals surface area contributed by atoms with E-state index in [4.69, 9.17) is 5.11 Å². The number of para-hydroxylation sites is 1. The molecule has 0 aliphatic carbocycles. The van der Waals surface area contributed by atoms with Crippen LogP contribution in [-0.4, -0.2) is 21.8 Å². The van der Waals surface area contributed by atoms with E-state index in [0.29, 0.717) is 6.42 Å². The van der Waals surface area contributed by atoms with Crippen LogP contribution in [0.3, 0.4) is 0 Å². The molecule has 0 aromatic heterocycles. The smallest absolute Gasteiger partial charge is 0.339 e. The molecule has 0 bridgehead atoms. The van der Waals surface area contributed by atoms with E-state index in [2.05, 4.69) is 0 Å². The van der Waals surface area contributed by atoms with E-state index in [0.717, 1.165) is 6.08 Å². The summed E-state index contributed by atoms with van der Waals surface area (Å²) in [5.41, 5.74) is -0.559. The summed E-state index contributed by atoms with van der Waals surface area (Å²) in [7, 11) is 0. The first-order valence-corrected chi connectivity index (χ1v) is 5.69. The maximum Gasteiger partial charge on any atom is 0.339 e. The molecular weight excluding hydrogens is 250 g/mol. The van der Waals surface area contributed by atoms with Gasteiger partial charge >= 0.3 is 5.97 Å². The van der Waals surface area contributed by atoms with Crippen LogP contribution in [0, 0.1) is 10.1 Å². The highest BCUT2D eigenvalue weighted by molar-refractivity contribution is 6.20. The minimum Gasteiger partial charge on any atom is -0.478 e. The van der Waals surface area contributed by atoms with Gasteiger partial charge in [0.1, 0.15) is 5.57 Å². The molecule has 6 heteroatoms. The Bertz CT molecular complexity index is 548. The van der Waals surface area contributed by atoms with Gasteiger partial charge in [0.2, 0.25) is 0 Å². The van der Waals surface area contributed by atoms with Gasteiger partial charge in [0.15, 0.2) is 5.78 Å². The van der Waals surface area contributed by atoms with Gasteiger partial charge in [0, 0.05) is 12.5 Å². The van der Waals surface area contributed by atoms with Gasteiger partial charge in [0.25, 0.3) is 5.69 Å². The average molecular weight is 263 g/mol. The highest BCUT2D eigenvalue weighted by Gasteiger charge is 2.19. The summed E-state index contributed by atoms with van der Waals surface area (Å²) in [6.07, 6.45) is 1.66. The van der Waals surface area contributed by atoms with E-state index < -0.39 is 22.2 Å². The van der Waals surface area contributed by atoms with Crippen LogP contribution < -0.4 is 0 Å². The van der Waals surface area contributed by atoms with Gasteiger partial charge < -0.3 is 5.11 Å². The number of aliphatic carboxylic acids is 1. The number of hydrogen-bond donors (Lipinski definition) is 1. The molecule has 0 atom stereocenters. The van der Waals surface area contributed by atoms with Gasteiger partial charge in [-0.3, -0.25) is 14.9 Å². The molecule has 6 nitrogen and oxygen atoms in total. The second-order valence-electron chi connectivity index (χ2n) is 3.85. The first-order chi connectivity index (χ1) is 8.97. The van der Waals surface area contributed by atoms with Crippen LogP contribution in [-0.2, 0) is 9.59 Å². The van der Waals surface area contributed by atoms with E-state index >= 15 is 0 Å². The predicted molar refractivity (Wildman–Crippen MR) is 68.6 cm³/mol. The van der Waals surface area contributed by atoms with E-state index in [1.165, 1.54) is 18.2 Å². The van der Waals surface area contributed by atoms with Crippen molar-refractivity contribution in [1.29, 1.82) is 0 Å². The van der Waals surface area contributed by atoms with E-state index in [1.807, 2.05) is 0 Å². The number of carbonyl (C=O) groups is 2. The largest absolute Gasteiger partial charge is 0.478 e. The fourth-order valence-electron chi connectivity index (χ4n) is 1.55. The zero-order valence-electron chi connectivity index (χ0n) is 10.3. The highest BCUT2D eigenvalue weighted by atomic mass is 16.6. The van der Waals surface area contributed by atoms with Crippen LogP contribution >= 0.6 is 0 Å². The summed E-state index contributed by atoms with van der Waals surface area (Å²) in [6.45, 7) is 1.75. The van der Waals surface area contributed by atoms with Crippen LogP contribution in [0.5, 0.6) is 0 Å². The van der Waals surface area contributed by atoms with Gasteiger partial charge in [-0.15, -0.1) is 0 Å². The normalized spacial score (nSPS) is 11.1. The standard InChI is InChI=1S/C13H13NO5/c1-2-5-12(15)10(13(16)17)8-9-6-3-4-7-11(9)14(18)19/h3-4,6-8H,2,5H2,1H3,(H,16,17). The fourth-order valence-corrected chi connectivity index (χ4v) is 1.55. The van der Waals surface area contributed by atoms with Crippen molar-refractivity contribution in [1.82, 2.24) is 0 Å². The number of benzene rings is 1. The first kappa shape index (κ1) is 14.6. The molecule has 1 N–H and O–H groups in total. The van der Waals surface area contributed by atoms with Gasteiger partial charge in [0.05, 0.1) is 10.5 Å². The molecule has 1 aromatic rings. The molecule has 0 heterocycles. The first-order valence-electron chi connectivity index (χ1n) is 5.69. The summed E-state index contributed by atoms with van der Waals surface area (Å²) in [4.78, 5) is 32.9. The Labute approximate surface area is 109 Å². The van der Waals surface area contributed by atoms with Gasteiger partial charge in [-0.05, 0) is 18.6 Å². The Morgan fingerprint density at radius 3 is 2.53 bits per heavy atom. The molecular formula is C13H13NO5. The predicted octanol–water partition coefficient (Wildman–Crippen LogP) is 2.43. The van der Waals surface area contributed by atoms with Crippen molar-refractivity contribution in [2.45, 2.75) is 19.8 Å². The van der Waals surface area contributed by atoms with Crippen molar-refractivity contribution in [3.8, 4) is 0 Å². The number of nitrogens with zero attached hydrogens (tertiary/aromatic N) is 1. The van der Waals surface area contributed by atoms with E-state index in [-0.39, 0.29) is 17.7 Å². The number of Topliss-reactive ketones (excluding diaryl/α,β-unsaturated/α-hetero) is 1. The Kier molecular flexibility index (Phi) is 4.93. The summed E-state index contributed by atoms with van der Waals surface area (Å²) >= 11 is 0. The zero-order valence-corrected chi connectivity index (χ0v) is 10.3. The van der Waals surface area contributed by atoms with E-state index in [9.17, 15) is 19.7 Å². The van der Waals surface area contributed by atoms with Crippen LogP contribution in [0.4, 0.5) is 5.69 Å². The topological polar surface area (TPSA) is 97.5 Å². The number of carboxylic acid groups (broad SMARTS) is 1. The highest BCUT2D eigenvalue weighted by Crippen LogP contribution is 2.21. The maximum atomic E-state index is 11.7. The number of nitro groups is 1. The van der Waals surface area contributed by atoms with Crippen molar-refractivity contribution < 1.29 is 19.6 Å². The summed E-state index contributed by atoms with van der Waals surface area (Å²) in [5.74, 6) is -1.91. The zero-order chi connectivity index (χ0) is 14.4. The Morgan fingerprint density at radius 2 is 2.00 bits per heavy atom. The fraction of sp³-hybridized carbons (Fsp3) is 0.231. The summed E-state index contributed by atoms with van der Waals surface area (Å²) in [6, 6.07) is 5.68. The lowest BCUT2D eigenvalue weighted by molar-refractivity contribution is -0.385. The second kappa shape index (κ2) is 6.44. The quantitative estimate of drug-likeness (QED) is 0.279. The molecule has 1 aromatic carbocycles. The van der Waals surface area contributed by atoms with Crippen LogP contribution in [0.1, 0.15) is 25.3 Å². The lowest BCUT2D eigenvalue weighted by Gasteiger charge is -2.01. The van der Waals surface area contributed by atoms with Gasteiger partial charge in [-0.1, -0.05) is 19.1 Å². The monoisotopic (exact) mass is 263 g/mol. The third-order valence-electron chi connectivity index (χ3n) is 2.44. The Balaban J connectivity index is 3.27. The number of rotatable bonds is 6. The molecule has 0 saturated carbocycles. The molecule has 0 unspecified atom stereocenters. The molecule has 0 fully saturated rings. The lowest BCUT2D eigenvalue weighted by Crippen LogP contribution is -2.11. The van der Waals surface area contributed by atoms with E-state index in [1.54, 1.807) is 13.0 Å². The minimum absolute atomic E-state index is 0.0960. The summed E-state index contributed by atoms with van der Waals surface area (Å²) in [5, 5.41) is 19.8. The number of carboxylic acids is 1. The second-order valence-corrected chi connectivity index (χ2v) is 3.85. The van der Waals surface area contributed by atoms with Crippen LogP contribution in [0.15, 0.2) is 29.8 Å². The third kappa shape index (κ3) is 3.74. The van der Waals surface area contributed by atoms with Crippen molar-refractivity contribution in [2.75, 3.05) is 0 Å². The SMILES string of the molecule is CCCC(=O)C(=Cc1ccccc1[N+](=O)[O-])C(=O)O. The molecule has 0 aliphatic rings. The van der Waals surface area contributed by atoms with Crippen molar-refractivity contribution >= 4 is 23.5 Å². The van der Waals surface area contributed by atoms with Gasteiger partial charge in [-0.2, -0.15) is 0 Å². The summed E-state index contributed by atoms with van der Waals surface area (Å²) < 4.78 is 0. The van der Waals surface area contributed by atoms with Gasteiger partial charge in [-0.25, -0.2) is 4.79 Å². The van der Waals surface area contributed by atoms with Crippen LogP contribution in [0.25, 0.3) is 6.08 Å². The maximum absolute atomic E-state index is 11.7. The Hall–Kier alpha value is -2.50. The number of carbonyl (C=O) groups excluding carboxylic acids is 1. The van der Waals surface area contributed by atoms with Crippen molar-refractivity contribution in [3.63, 3.8) is 0 Å². The molecule has 0 radical (unpaired) electrons. The number of nitro benzene ring substituents is 1. The van der Waals surface area contributed by atoms with Crippen molar-refractivity contribution in [2.24, 2.45) is 0 Å². The molecule has 0 aliphatic heterocycles. The molecule has 19 heavy (non-hydrogen) atoms. The number of hydrogen-bond acceptors (Lipinski definition) is 4. The molecule has 1 rings (SSSR count). The average Bonchev–Trinajstić information content (AvgIpc) is 2.36. The molecule has 0 spiro atoms. The van der Waals surface area contributed by atoms with Crippen LogP contribution in [0.2, 0.25) is 0 Å². The third-order valence-corrected chi connectivity index (χ3v) is 2.44. The molecule has 0 saturated heterocycles. The molecule has 0 amide bonds. The lowest BCUT2D eigenvalue weighted by atomic mass is 10.0. The van der Waals surface area contributed by atoms with Crippen molar-refractivity contribution in [3.05, 3.63) is 45.5 Å². The molecule has 100 valence electrons.